The van der Waals surface area contributed by atoms with Crippen molar-refractivity contribution in [2.75, 3.05) is 13.2 Å². The van der Waals surface area contributed by atoms with Crippen molar-refractivity contribution in [3.8, 4) is 0 Å². The molecule has 1 N–H and O–H groups in total. The van der Waals surface area contributed by atoms with Gasteiger partial charge < -0.3 is 10.0 Å². The lowest BCUT2D eigenvalue weighted by Gasteiger charge is -2.37. The number of aliphatic hydroxyl groups is 1. The van der Waals surface area contributed by atoms with Crippen molar-refractivity contribution in [1.29, 1.82) is 0 Å². The summed E-state index contributed by atoms with van der Waals surface area (Å²) in [4.78, 5) is 24.8. The van der Waals surface area contributed by atoms with E-state index >= 15 is 0 Å². The van der Waals surface area contributed by atoms with E-state index in [1.807, 2.05) is 6.92 Å². The van der Waals surface area contributed by atoms with Gasteiger partial charge in [0.25, 0.3) is 11.6 Å². The molecule has 6 nitrogen and oxygen atoms in total. The number of piperidine rings is 1. The fourth-order valence-electron chi connectivity index (χ4n) is 2.72. The Labute approximate surface area is 123 Å². The average molecular weight is 292 g/mol. The molecule has 0 radical (unpaired) electrons. The summed E-state index contributed by atoms with van der Waals surface area (Å²) < 4.78 is 0. The van der Waals surface area contributed by atoms with Gasteiger partial charge in [-0.2, -0.15) is 0 Å². The highest BCUT2D eigenvalue weighted by molar-refractivity contribution is 5.96. The van der Waals surface area contributed by atoms with Crippen molar-refractivity contribution >= 4 is 11.6 Å². The molecule has 1 amide bonds. The van der Waals surface area contributed by atoms with Gasteiger partial charge in [-0.25, -0.2) is 0 Å². The molecule has 114 valence electrons. The molecular formula is C15H20N2O4. The van der Waals surface area contributed by atoms with Gasteiger partial charge in [-0.15, -0.1) is 0 Å². The minimum atomic E-state index is -0.494. The van der Waals surface area contributed by atoms with Crippen molar-refractivity contribution < 1.29 is 14.8 Å². The molecule has 1 heterocycles. The number of nitro groups is 1. The minimum Gasteiger partial charge on any atom is -0.396 e. The number of hydrogen-bond donors (Lipinski definition) is 1. The second-order valence-corrected chi connectivity index (χ2v) is 5.69. The zero-order valence-electron chi connectivity index (χ0n) is 12.3. The molecule has 1 fully saturated rings. The van der Waals surface area contributed by atoms with Gasteiger partial charge in [-0.1, -0.05) is 6.07 Å². The van der Waals surface area contributed by atoms with Crippen LogP contribution in [0.2, 0.25) is 0 Å². The molecule has 1 aliphatic rings. The fraction of sp³-hybridized carbons (Fsp3) is 0.533. The molecule has 1 aromatic rings. The van der Waals surface area contributed by atoms with E-state index in [1.54, 1.807) is 17.9 Å². The Morgan fingerprint density at radius 3 is 2.81 bits per heavy atom. The maximum atomic E-state index is 12.7. The van der Waals surface area contributed by atoms with Crippen LogP contribution in [0.25, 0.3) is 0 Å². The number of likely N-dealkylation sites (tertiary alicyclic amines) is 1. The lowest BCUT2D eigenvalue weighted by atomic mass is 9.93. The summed E-state index contributed by atoms with van der Waals surface area (Å²) in [5.41, 5.74) is 1.02. The van der Waals surface area contributed by atoms with Crippen LogP contribution in [-0.2, 0) is 0 Å². The Hall–Kier alpha value is -1.95. The number of aryl methyl sites for hydroxylation is 1. The number of aliphatic hydroxyl groups excluding tert-OH is 1. The van der Waals surface area contributed by atoms with Gasteiger partial charge in [0.2, 0.25) is 0 Å². The molecule has 0 aliphatic carbocycles. The maximum absolute atomic E-state index is 12.7. The van der Waals surface area contributed by atoms with Crippen LogP contribution >= 0.6 is 0 Å². The molecule has 0 spiro atoms. The van der Waals surface area contributed by atoms with Crippen molar-refractivity contribution in [2.45, 2.75) is 32.7 Å². The SMILES string of the molecule is Cc1ccc([N+](=O)[O-])cc1C(=O)N1CC(CO)CCC1C. The number of benzene rings is 1. The summed E-state index contributed by atoms with van der Waals surface area (Å²) in [5.74, 6) is -0.106. The number of rotatable bonds is 3. The van der Waals surface area contributed by atoms with Crippen LogP contribution < -0.4 is 0 Å². The molecule has 2 atom stereocenters. The van der Waals surface area contributed by atoms with E-state index in [1.165, 1.54) is 12.1 Å². The molecule has 1 aliphatic heterocycles. The van der Waals surface area contributed by atoms with E-state index in [0.29, 0.717) is 12.1 Å². The van der Waals surface area contributed by atoms with E-state index in [0.717, 1.165) is 18.4 Å². The smallest absolute Gasteiger partial charge is 0.270 e. The van der Waals surface area contributed by atoms with Crippen LogP contribution in [0, 0.1) is 23.0 Å². The number of nitro benzene ring substituents is 1. The van der Waals surface area contributed by atoms with Crippen LogP contribution in [0.3, 0.4) is 0 Å². The monoisotopic (exact) mass is 292 g/mol. The summed E-state index contributed by atoms with van der Waals surface area (Å²) in [6, 6.07) is 4.43. The van der Waals surface area contributed by atoms with E-state index in [-0.39, 0.29) is 30.2 Å². The molecule has 1 aromatic carbocycles. The Bertz CT molecular complexity index is 559. The average Bonchev–Trinajstić information content (AvgIpc) is 2.47. The molecule has 2 unspecified atom stereocenters. The zero-order chi connectivity index (χ0) is 15.6. The molecule has 0 bridgehead atoms. The van der Waals surface area contributed by atoms with Gasteiger partial charge in [0.1, 0.15) is 0 Å². The number of amides is 1. The van der Waals surface area contributed by atoms with Gasteiger partial charge in [-0.3, -0.25) is 14.9 Å². The molecular weight excluding hydrogens is 272 g/mol. The van der Waals surface area contributed by atoms with Crippen molar-refractivity contribution in [2.24, 2.45) is 5.92 Å². The highest BCUT2D eigenvalue weighted by atomic mass is 16.6. The Morgan fingerprint density at radius 2 is 2.19 bits per heavy atom. The number of carbonyl (C=O) groups excluding carboxylic acids is 1. The first-order valence-corrected chi connectivity index (χ1v) is 7.11. The van der Waals surface area contributed by atoms with Gasteiger partial charge >= 0.3 is 0 Å². The van der Waals surface area contributed by atoms with Gasteiger partial charge in [0.15, 0.2) is 0 Å². The molecule has 1 saturated heterocycles. The highest BCUT2D eigenvalue weighted by Gasteiger charge is 2.30. The van der Waals surface area contributed by atoms with E-state index < -0.39 is 4.92 Å². The van der Waals surface area contributed by atoms with Gasteiger partial charge in [-0.05, 0) is 38.2 Å². The number of carbonyl (C=O) groups is 1. The normalized spacial score (nSPS) is 22.1. The third-order valence-corrected chi connectivity index (χ3v) is 4.16. The minimum absolute atomic E-state index is 0.0599. The maximum Gasteiger partial charge on any atom is 0.270 e. The third kappa shape index (κ3) is 3.21. The van der Waals surface area contributed by atoms with Crippen LogP contribution in [0.4, 0.5) is 5.69 Å². The Kier molecular flexibility index (Phi) is 4.57. The first-order chi connectivity index (χ1) is 9.93. The Balaban J connectivity index is 2.30. The van der Waals surface area contributed by atoms with Crippen LogP contribution in [0.5, 0.6) is 0 Å². The van der Waals surface area contributed by atoms with Crippen molar-refractivity contribution in [3.05, 3.63) is 39.4 Å². The van der Waals surface area contributed by atoms with E-state index in [2.05, 4.69) is 0 Å². The number of hydrogen-bond acceptors (Lipinski definition) is 4. The second kappa shape index (κ2) is 6.22. The molecule has 2 rings (SSSR count). The van der Waals surface area contributed by atoms with Crippen LogP contribution in [-0.4, -0.2) is 40.0 Å². The lowest BCUT2D eigenvalue weighted by molar-refractivity contribution is -0.384. The zero-order valence-corrected chi connectivity index (χ0v) is 12.3. The Morgan fingerprint density at radius 1 is 1.48 bits per heavy atom. The standard InChI is InChI=1S/C15H20N2O4/c1-10-3-6-13(17(20)21)7-14(10)15(19)16-8-12(9-18)5-4-11(16)2/h3,6-7,11-12,18H,4-5,8-9H2,1-2H3. The highest BCUT2D eigenvalue weighted by Crippen LogP contribution is 2.26. The topological polar surface area (TPSA) is 83.7 Å². The number of nitrogens with zero attached hydrogens (tertiary/aromatic N) is 2. The summed E-state index contributed by atoms with van der Waals surface area (Å²) in [6.07, 6.45) is 1.74. The van der Waals surface area contributed by atoms with E-state index in [9.17, 15) is 20.0 Å². The summed E-state index contributed by atoms with van der Waals surface area (Å²) in [5, 5.41) is 20.2. The molecule has 21 heavy (non-hydrogen) atoms. The molecule has 0 aromatic heterocycles. The van der Waals surface area contributed by atoms with Crippen LogP contribution in [0.1, 0.15) is 35.7 Å². The summed E-state index contributed by atoms with van der Waals surface area (Å²) >= 11 is 0. The lowest BCUT2D eigenvalue weighted by Crippen LogP contribution is -2.46. The van der Waals surface area contributed by atoms with Crippen molar-refractivity contribution in [3.63, 3.8) is 0 Å². The number of non-ortho nitro benzene ring substituents is 1. The summed E-state index contributed by atoms with van der Waals surface area (Å²) in [6.45, 7) is 4.30. The fourth-order valence-corrected chi connectivity index (χ4v) is 2.72. The van der Waals surface area contributed by atoms with Crippen molar-refractivity contribution in [1.82, 2.24) is 4.90 Å². The second-order valence-electron chi connectivity index (χ2n) is 5.69. The van der Waals surface area contributed by atoms with Crippen LogP contribution in [0.15, 0.2) is 18.2 Å². The molecule has 0 saturated carbocycles. The quantitative estimate of drug-likeness (QED) is 0.683. The first kappa shape index (κ1) is 15.4. The van der Waals surface area contributed by atoms with E-state index in [4.69, 9.17) is 0 Å². The predicted octanol–water partition coefficient (Wildman–Crippen LogP) is 2.14. The third-order valence-electron chi connectivity index (χ3n) is 4.16. The van der Waals surface area contributed by atoms with Gasteiger partial charge in [0.05, 0.1) is 4.92 Å². The first-order valence-electron chi connectivity index (χ1n) is 7.11. The predicted molar refractivity (Wildman–Crippen MR) is 78.1 cm³/mol. The summed E-state index contributed by atoms with van der Waals surface area (Å²) in [7, 11) is 0. The molecule has 6 heteroatoms. The largest absolute Gasteiger partial charge is 0.396 e. The van der Waals surface area contributed by atoms with Gasteiger partial charge in [0, 0.05) is 36.9 Å².